The molecule has 3 nitrogen and oxygen atoms in total. The van der Waals surface area contributed by atoms with Crippen LogP contribution in [0.3, 0.4) is 0 Å². The van der Waals surface area contributed by atoms with Gasteiger partial charge in [-0.25, -0.2) is 4.98 Å². The molecule has 0 atom stereocenters. The van der Waals surface area contributed by atoms with Gasteiger partial charge in [0.1, 0.15) is 5.69 Å². The van der Waals surface area contributed by atoms with Crippen molar-refractivity contribution in [2.45, 2.75) is 11.7 Å². The molecule has 0 saturated heterocycles. The van der Waals surface area contributed by atoms with Crippen LogP contribution < -0.4 is 0 Å². The smallest absolute Gasteiger partial charge is 0.168 e. The van der Waals surface area contributed by atoms with Crippen LogP contribution in [0.5, 0.6) is 0 Å². The standard InChI is InChI=1S/C12H12N2OS/c1-16-12-13-7-11(9-15)14(12)8-10-5-3-2-4-6-10/h2-7,9H,8H2,1H3. The highest BCUT2D eigenvalue weighted by Crippen LogP contribution is 2.16. The number of hydrogen-bond acceptors (Lipinski definition) is 3. The molecule has 82 valence electrons. The van der Waals surface area contributed by atoms with Crippen molar-refractivity contribution >= 4 is 18.0 Å². The molecule has 0 aliphatic rings. The van der Waals surface area contributed by atoms with Crippen LogP contribution in [0.25, 0.3) is 0 Å². The van der Waals surface area contributed by atoms with Gasteiger partial charge in [0.25, 0.3) is 0 Å². The summed E-state index contributed by atoms with van der Waals surface area (Å²) < 4.78 is 1.92. The van der Waals surface area contributed by atoms with Crippen LogP contribution in [0.15, 0.2) is 41.7 Å². The number of imidazole rings is 1. The lowest BCUT2D eigenvalue weighted by molar-refractivity contribution is 0.111. The van der Waals surface area contributed by atoms with Gasteiger partial charge in [-0.05, 0) is 11.8 Å². The van der Waals surface area contributed by atoms with E-state index in [-0.39, 0.29) is 0 Å². The van der Waals surface area contributed by atoms with Crippen LogP contribution in [-0.2, 0) is 6.54 Å². The molecule has 0 spiro atoms. The third-order valence-electron chi connectivity index (χ3n) is 2.34. The van der Waals surface area contributed by atoms with Gasteiger partial charge in [0.15, 0.2) is 11.4 Å². The Morgan fingerprint density at radius 3 is 2.75 bits per heavy atom. The Bertz CT molecular complexity index is 479. The van der Waals surface area contributed by atoms with Crippen molar-refractivity contribution in [3.8, 4) is 0 Å². The molecular formula is C12H12N2OS. The number of carbonyl (C=O) groups excluding carboxylic acids is 1. The van der Waals surface area contributed by atoms with E-state index >= 15 is 0 Å². The molecule has 16 heavy (non-hydrogen) atoms. The topological polar surface area (TPSA) is 34.9 Å². The minimum Gasteiger partial charge on any atom is -0.312 e. The molecule has 0 N–H and O–H groups in total. The molecule has 2 rings (SSSR count). The summed E-state index contributed by atoms with van der Waals surface area (Å²) in [6, 6.07) is 10.0. The van der Waals surface area contributed by atoms with Crippen LogP contribution in [-0.4, -0.2) is 22.1 Å². The highest BCUT2D eigenvalue weighted by molar-refractivity contribution is 7.98. The minimum atomic E-state index is 0.619. The zero-order chi connectivity index (χ0) is 11.4. The van der Waals surface area contributed by atoms with E-state index in [1.54, 1.807) is 18.0 Å². The number of aldehydes is 1. The first-order chi connectivity index (χ1) is 7.85. The van der Waals surface area contributed by atoms with Crippen molar-refractivity contribution in [1.29, 1.82) is 0 Å². The summed E-state index contributed by atoms with van der Waals surface area (Å²) in [7, 11) is 0. The second kappa shape index (κ2) is 4.99. The van der Waals surface area contributed by atoms with E-state index < -0.39 is 0 Å². The van der Waals surface area contributed by atoms with Crippen LogP contribution >= 0.6 is 11.8 Å². The largest absolute Gasteiger partial charge is 0.312 e. The molecule has 1 aromatic heterocycles. The maximum atomic E-state index is 10.9. The van der Waals surface area contributed by atoms with Gasteiger partial charge in [-0.2, -0.15) is 0 Å². The van der Waals surface area contributed by atoms with Gasteiger partial charge in [-0.1, -0.05) is 42.1 Å². The zero-order valence-electron chi connectivity index (χ0n) is 8.96. The molecule has 0 radical (unpaired) electrons. The molecule has 0 fully saturated rings. The van der Waals surface area contributed by atoms with Crippen LogP contribution in [0.2, 0.25) is 0 Å². The summed E-state index contributed by atoms with van der Waals surface area (Å²) in [4.78, 5) is 15.1. The molecule has 0 saturated carbocycles. The van der Waals surface area contributed by atoms with E-state index in [0.29, 0.717) is 12.2 Å². The van der Waals surface area contributed by atoms with Crippen LogP contribution in [0.4, 0.5) is 0 Å². The normalized spacial score (nSPS) is 10.3. The number of benzene rings is 1. The molecule has 0 bridgehead atoms. The quantitative estimate of drug-likeness (QED) is 0.600. The Kier molecular flexibility index (Phi) is 3.41. The third kappa shape index (κ3) is 2.17. The number of aromatic nitrogens is 2. The predicted molar refractivity (Wildman–Crippen MR) is 64.9 cm³/mol. The number of rotatable bonds is 4. The summed E-state index contributed by atoms with van der Waals surface area (Å²) in [5, 5.41) is 0.867. The lowest BCUT2D eigenvalue weighted by Gasteiger charge is -2.07. The Hall–Kier alpha value is -1.55. The lowest BCUT2D eigenvalue weighted by Crippen LogP contribution is -2.04. The van der Waals surface area contributed by atoms with E-state index in [0.717, 1.165) is 11.4 Å². The molecule has 1 heterocycles. The SMILES string of the molecule is CSc1ncc(C=O)n1Cc1ccccc1. The van der Waals surface area contributed by atoms with E-state index in [2.05, 4.69) is 4.98 Å². The molecule has 2 aromatic rings. The van der Waals surface area contributed by atoms with Crippen molar-refractivity contribution in [2.75, 3.05) is 6.26 Å². The highest BCUT2D eigenvalue weighted by Gasteiger charge is 2.08. The minimum absolute atomic E-state index is 0.619. The Morgan fingerprint density at radius 2 is 2.12 bits per heavy atom. The summed E-state index contributed by atoms with van der Waals surface area (Å²) in [5.41, 5.74) is 1.78. The number of carbonyl (C=O) groups is 1. The first kappa shape index (κ1) is 11.0. The average molecular weight is 232 g/mol. The fourth-order valence-corrected chi connectivity index (χ4v) is 2.10. The van der Waals surface area contributed by atoms with Crippen molar-refractivity contribution in [3.63, 3.8) is 0 Å². The Labute approximate surface area is 98.5 Å². The molecule has 0 unspecified atom stereocenters. The summed E-state index contributed by atoms with van der Waals surface area (Å²) in [6.45, 7) is 0.686. The molecule has 4 heteroatoms. The monoisotopic (exact) mass is 232 g/mol. The molecule has 0 aliphatic carbocycles. The Balaban J connectivity index is 2.33. The third-order valence-corrected chi connectivity index (χ3v) is 3.03. The summed E-state index contributed by atoms with van der Waals surface area (Å²) in [6.07, 6.45) is 4.41. The fourth-order valence-electron chi connectivity index (χ4n) is 1.55. The zero-order valence-corrected chi connectivity index (χ0v) is 9.78. The number of nitrogens with zero attached hydrogens (tertiary/aromatic N) is 2. The summed E-state index contributed by atoms with van der Waals surface area (Å²) >= 11 is 1.54. The van der Waals surface area contributed by atoms with E-state index in [9.17, 15) is 4.79 Å². The van der Waals surface area contributed by atoms with Crippen molar-refractivity contribution in [1.82, 2.24) is 9.55 Å². The first-order valence-corrected chi connectivity index (χ1v) is 6.16. The van der Waals surface area contributed by atoms with Crippen molar-refractivity contribution in [2.24, 2.45) is 0 Å². The van der Waals surface area contributed by atoms with Gasteiger partial charge in [-0.3, -0.25) is 4.79 Å². The van der Waals surface area contributed by atoms with Crippen LogP contribution in [0, 0.1) is 0 Å². The van der Waals surface area contributed by atoms with Crippen molar-refractivity contribution < 1.29 is 4.79 Å². The van der Waals surface area contributed by atoms with Gasteiger partial charge < -0.3 is 4.57 Å². The summed E-state index contributed by atoms with van der Waals surface area (Å²) in [5.74, 6) is 0. The predicted octanol–water partition coefficient (Wildman–Crippen LogP) is 2.47. The van der Waals surface area contributed by atoms with Crippen molar-refractivity contribution in [3.05, 3.63) is 47.8 Å². The maximum Gasteiger partial charge on any atom is 0.168 e. The second-order valence-corrected chi connectivity index (χ2v) is 4.13. The van der Waals surface area contributed by atoms with E-state index in [1.807, 2.05) is 41.2 Å². The molecule has 1 aromatic carbocycles. The van der Waals surface area contributed by atoms with Gasteiger partial charge in [-0.15, -0.1) is 0 Å². The molecule has 0 aliphatic heterocycles. The van der Waals surface area contributed by atoms with Gasteiger partial charge >= 0.3 is 0 Å². The Morgan fingerprint density at radius 1 is 1.38 bits per heavy atom. The molecular weight excluding hydrogens is 220 g/mol. The van der Waals surface area contributed by atoms with E-state index in [1.165, 1.54) is 5.56 Å². The van der Waals surface area contributed by atoms with E-state index in [4.69, 9.17) is 0 Å². The fraction of sp³-hybridized carbons (Fsp3) is 0.167. The van der Waals surface area contributed by atoms with Gasteiger partial charge in [0, 0.05) is 0 Å². The van der Waals surface area contributed by atoms with Gasteiger partial charge in [0.05, 0.1) is 12.7 Å². The first-order valence-electron chi connectivity index (χ1n) is 4.93. The highest BCUT2D eigenvalue weighted by atomic mass is 32.2. The average Bonchev–Trinajstić information content (AvgIpc) is 2.72. The number of thioether (sulfide) groups is 1. The van der Waals surface area contributed by atoms with Gasteiger partial charge in [0.2, 0.25) is 0 Å². The molecule has 0 amide bonds. The van der Waals surface area contributed by atoms with Crippen LogP contribution in [0.1, 0.15) is 16.1 Å². The second-order valence-electron chi connectivity index (χ2n) is 3.36. The lowest BCUT2D eigenvalue weighted by atomic mass is 10.2. The maximum absolute atomic E-state index is 10.9. The number of hydrogen-bond donors (Lipinski definition) is 0.